The van der Waals surface area contributed by atoms with Crippen molar-refractivity contribution in [2.75, 3.05) is 12.3 Å². The summed E-state index contributed by atoms with van der Waals surface area (Å²) in [4.78, 5) is -0.556. The summed E-state index contributed by atoms with van der Waals surface area (Å²) in [5, 5.41) is 0. The van der Waals surface area contributed by atoms with Crippen LogP contribution in [0.3, 0.4) is 0 Å². The van der Waals surface area contributed by atoms with Crippen LogP contribution in [-0.4, -0.2) is 20.7 Å². The molecule has 0 fully saturated rings. The molecule has 0 atom stereocenters. The first-order chi connectivity index (χ1) is 9.99. The molecular formula is C13H13F2NO3S2. The van der Waals surface area contributed by atoms with E-state index in [-0.39, 0.29) is 6.54 Å². The molecule has 2 aromatic rings. The van der Waals surface area contributed by atoms with Gasteiger partial charge < -0.3 is 4.42 Å². The average Bonchev–Trinajstić information content (AvgIpc) is 2.91. The van der Waals surface area contributed by atoms with E-state index in [9.17, 15) is 17.2 Å². The van der Waals surface area contributed by atoms with Crippen LogP contribution >= 0.6 is 11.8 Å². The Morgan fingerprint density at radius 2 is 2.05 bits per heavy atom. The molecule has 0 saturated carbocycles. The summed E-state index contributed by atoms with van der Waals surface area (Å²) in [5.41, 5.74) is 0. The second-order valence-electron chi connectivity index (χ2n) is 4.10. The third kappa shape index (κ3) is 4.55. The van der Waals surface area contributed by atoms with Gasteiger partial charge in [0.15, 0.2) is 0 Å². The third-order valence-electron chi connectivity index (χ3n) is 2.55. The van der Waals surface area contributed by atoms with Crippen molar-refractivity contribution < 1.29 is 21.6 Å². The zero-order valence-corrected chi connectivity index (χ0v) is 12.5. The Morgan fingerprint density at radius 1 is 1.24 bits per heavy atom. The van der Waals surface area contributed by atoms with E-state index in [1.54, 1.807) is 12.3 Å². The molecule has 1 heterocycles. The molecule has 0 amide bonds. The number of rotatable bonds is 7. The number of hydrogen-bond acceptors (Lipinski definition) is 4. The van der Waals surface area contributed by atoms with Crippen molar-refractivity contribution in [3.8, 4) is 0 Å². The molecule has 0 aliphatic carbocycles. The highest BCUT2D eigenvalue weighted by Gasteiger charge is 2.18. The lowest BCUT2D eigenvalue weighted by Crippen LogP contribution is -2.27. The van der Waals surface area contributed by atoms with Gasteiger partial charge in [-0.05, 0) is 24.3 Å². The van der Waals surface area contributed by atoms with Gasteiger partial charge in [0.25, 0.3) is 0 Å². The fourth-order valence-corrected chi connectivity index (χ4v) is 3.56. The normalized spacial score (nSPS) is 11.7. The summed E-state index contributed by atoms with van der Waals surface area (Å²) in [5.74, 6) is 0.00109. The molecule has 2 rings (SSSR count). The Kier molecular flexibility index (Phi) is 5.38. The van der Waals surface area contributed by atoms with E-state index in [1.165, 1.54) is 11.8 Å². The van der Waals surface area contributed by atoms with Gasteiger partial charge in [0, 0.05) is 18.4 Å². The van der Waals surface area contributed by atoms with E-state index in [2.05, 4.69) is 4.72 Å². The van der Waals surface area contributed by atoms with Crippen LogP contribution in [0.25, 0.3) is 0 Å². The predicted octanol–water partition coefficient (Wildman–Crippen LogP) is 2.77. The molecule has 0 spiro atoms. The molecular weight excluding hydrogens is 320 g/mol. The van der Waals surface area contributed by atoms with Gasteiger partial charge in [-0.25, -0.2) is 21.9 Å². The van der Waals surface area contributed by atoms with Crippen LogP contribution in [0.15, 0.2) is 45.9 Å². The van der Waals surface area contributed by atoms with Gasteiger partial charge >= 0.3 is 0 Å². The third-order valence-corrected chi connectivity index (χ3v) is 5.02. The first-order valence-corrected chi connectivity index (χ1v) is 8.68. The minimum Gasteiger partial charge on any atom is -0.468 e. The number of hydrogen-bond donors (Lipinski definition) is 1. The van der Waals surface area contributed by atoms with E-state index >= 15 is 0 Å². The number of nitrogens with one attached hydrogen (secondary N) is 1. The second-order valence-corrected chi connectivity index (χ2v) is 6.95. The molecule has 0 aliphatic heterocycles. The zero-order chi connectivity index (χ0) is 15.3. The maximum Gasteiger partial charge on any atom is 0.243 e. The summed E-state index contributed by atoms with van der Waals surface area (Å²) >= 11 is 1.48. The molecule has 8 heteroatoms. The van der Waals surface area contributed by atoms with Gasteiger partial charge in [-0.3, -0.25) is 0 Å². The molecule has 0 bridgehead atoms. The number of thioether (sulfide) groups is 1. The van der Waals surface area contributed by atoms with Gasteiger partial charge in [-0.1, -0.05) is 0 Å². The minimum atomic E-state index is -3.97. The smallest absolute Gasteiger partial charge is 0.243 e. The maximum atomic E-state index is 13.4. The quantitative estimate of drug-likeness (QED) is 0.792. The van der Waals surface area contributed by atoms with Crippen LogP contribution in [0.2, 0.25) is 0 Å². The van der Waals surface area contributed by atoms with Crippen molar-refractivity contribution in [1.82, 2.24) is 4.72 Å². The van der Waals surface area contributed by atoms with Crippen molar-refractivity contribution in [2.24, 2.45) is 0 Å². The molecule has 4 nitrogen and oxygen atoms in total. The Balaban J connectivity index is 1.84. The van der Waals surface area contributed by atoms with Crippen LogP contribution in [0.4, 0.5) is 8.78 Å². The van der Waals surface area contributed by atoms with Crippen molar-refractivity contribution in [3.05, 3.63) is 54.0 Å². The number of sulfonamides is 1. The van der Waals surface area contributed by atoms with E-state index in [1.807, 2.05) is 6.07 Å². The minimum absolute atomic E-state index is 0.143. The van der Waals surface area contributed by atoms with Gasteiger partial charge in [-0.15, -0.1) is 0 Å². The Morgan fingerprint density at radius 3 is 2.71 bits per heavy atom. The van der Waals surface area contributed by atoms with Gasteiger partial charge in [-0.2, -0.15) is 11.8 Å². The summed E-state index contributed by atoms with van der Waals surface area (Å²) in [6, 6.07) is 5.95. The standard InChI is InChI=1S/C13H13F2NO3S2/c14-10-3-4-13(12(15)8-10)21(17,18)16-5-7-20-9-11-2-1-6-19-11/h1-4,6,8,16H,5,7,9H2. The summed E-state index contributed by atoms with van der Waals surface area (Å²) in [6.45, 7) is 0.143. The molecule has 0 aliphatic rings. The first kappa shape index (κ1) is 16.0. The molecule has 1 N–H and O–H groups in total. The molecule has 1 aromatic carbocycles. The molecule has 0 unspecified atom stereocenters. The van der Waals surface area contributed by atoms with Gasteiger partial charge in [0.1, 0.15) is 22.3 Å². The molecule has 1 aromatic heterocycles. The lowest BCUT2D eigenvalue weighted by Gasteiger charge is -2.07. The number of benzene rings is 1. The number of halogens is 2. The second kappa shape index (κ2) is 7.06. The molecule has 114 valence electrons. The van der Waals surface area contributed by atoms with Gasteiger partial charge in [0.2, 0.25) is 10.0 Å². The molecule has 0 radical (unpaired) electrons. The molecule has 0 saturated heterocycles. The highest BCUT2D eigenvalue weighted by Crippen LogP contribution is 2.16. The number of furan rings is 1. The lowest BCUT2D eigenvalue weighted by atomic mass is 10.3. The van der Waals surface area contributed by atoms with E-state index in [0.29, 0.717) is 17.6 Å². The van der Waals surface area contributed by atoms with Gasteiger partial charge in [0.05, 0.1) is 12.0 Å². The Hall–Kier alpha value is -1.38. The SMILES string of the molecule is O=S(=O)(NCCSCc1ccco1)c1ccc(F)cc1F. The predicted molar refractivity (Wildman–Crippen MR) is 76.4 cm³/mol. The first-order valence-electron chi connectivity index (χ1n) is 6.04. The lowest BCUT2D eigenvalue weighted by molar-refractivity contribution is 0.530. The van der Waals surface area contributed by atoms with Crippen molar-refractivity contribution in [2.45, 2.75) is 10.6 Å². The Labute approximate surface area is 125 Å². The summed E-state index contributed by atoms with van der Waals surface area (Å²) in [6.07, 6.45) is 1.57. The highest BCUT2D eigenvalue weighted by molar-refractivity contribution is 7.98. The largest absolute Gasteiger partial charge is 0.468 e. The van der Waals surface area contributed by atoms with E-state index in [0.717, 1.165) is 17.9 Å². The summed E-state index contributed by atoms with van der Waals surface area (Å²) < 4.78 is 57.3. The fraction of sp³-hybridized carbons (Fsp3) is 0.231. The van der Waals surface area contributed by atoms with Crippen LogP contribution in [0.1, 0.15) is 5.76 Å². The monoisotopic (exact) mass is 333 g/mol. The summed E-state index contributed by atoms with van der Waals surface area (Å²) in [7, 11) is -3.97. The van der Waals surface area contributed by atoms with Crippen molar-refractivity contribution in [3.63, 3.8) is 0 Å². The highest BCUT2D eigenvalue weighted by atomic mass is 32.2. The van der Waals surface area contributed by atoms with Crippen molar-refractivity contribution >= 4 is 21.8 Å². The zero-order valence-electron chi connectivity index (χ0n) is 10.9. The van der Waals surface area contributed by atoms with Crippen LogP contribution < -0.4 is 4.72 Å². The maximum absolute atomic E-state index is 13.4. The topological polar surface area (TPSA) is 59.3 Å². The Bertz CT molecular complexity index is 687. The molecule has 21 heavy (non-hydrogen) atoms. The van der Waals surface area contributed by atoms with E-state index < -0.39 is 26.6 Å². The van der Waals surface area contributed by atoms with Crippen molar-refractivity contribution in [1.29, 1.82) is 0 Å². The fourth-order valence-electron chi connectivity index (χ4n) is 1.59. The average molecular weight is 333 g/mol. The van der Waals surface area contributed by atoms with E-state index in [4.69, 9.17) is 4.42 Å². The van der Waals surface area contributed by atoms with Crippen LogP contribution in [0, 0.1) is 11.6 Å². The van der Waals surface area contributed by atoms with Crippen LogP contribution in [-0.2, 0) is 15.8 Å². The van der Waals surface area contributed by atoms with Crippen LogP contribution in [0.5, 0.6) is 0 Å².